The number of nitrogens with zero attached hydrogens (tertiary/aromatic N) is 7. The Hall–Kier alpha value is -4.91. The number of unbranched alkanes of at least 4 members (excludes halogenated alkanes) is 1. The summed E-state index contributed by atoms with van der Waals surface area (Å²) in [5.74, 6) is -4.06. The van der Waals surface area contributed by atoms with Crippen LogP contribution in [0, 0.1) is 5.82 Å². The molecular weight excluding hydrogens is 668 g/mol. The number of ketones is 1. The van der Waals surface area contributed by atoms with Gasteiger partial charge in [-0.1, -0.05) is 29.8 Å². The Balaban J connectivity index is 0.000000471. The summed E-state index contributed by atoms with van der Waals surface area (Å²) in [6.45, 7) is 0.370. The van der Waals surface area contributed by atoms with Gasteiger partial charge in [-0.3, -0.25) is 23.7 Å². The minimum atomic E-state index is -4.95. The number of phosphoric acid groups is 1. The van der Waals surface area contributed by atoms with Crippen molar-refractivity contribution >= 4 is 42.3 Å². The van der Waals surface area contributed by atoms with Crippen LogP contribution in [-0.2, 0) is 25.4 Å². The van der Waals surface area contributed by atoms with Crippen molar-refractivity contribution < 1.29 is 47.6 Å². The van der Waals surface area contributed by atoms with E-state index in [0.29, 0.717) is 18.5 Å². The molecule has 1 fully saturated rings. The third-order valence-electron chi connectivity index (χ3n) is 7.43. The molecule has 4 heterocycles. The van der Waals surface area contributed by atoms with Crippen molar-refractivity contribution in [3.8, 4) is 5.82 Å². The van der Waals surface area contributed by atoms with Crippen molar-refractivity contribution in [2.24, 2.45) is 11.5 Å². The number of pyridine rings is 1. The van der Waals surface area contributed by atoms with Gasteiger partial charge in [0.05, 0.1) is 35.1 Å². The number of fused-ring (bicyclic) bond motifs is 1. The number of Topliss-reactive ketones (excluding diaryl/α,β-unsaturated/α-hetero) is 1. The van der Waals surface area contributed by atoms with E-state index in [1.807, 2.05) is 0 Å². The average molecular weight is 704 g/mol. The van der Waals surface area contributed by atoms with Crippen molar-refractivity contribution in [1.29, 1.82) is 0 Å². The van der Waals surface area contributed by atoms with Gasteiger partial charge in [0.15, 0.2) is 11.6 Å². The quantitative estimate of drug-likeness (QED) is 0.0583. The SMILES string of the molecule is NCCCC[C@H](N)C(=O)O.O=C(C(=O)N1CCN(C(=O)c2ccccc2)CC1)c1cn(COP(=O)(O)O)c2c(-n3ccnn3)ncc(F)c12. The maximum Gasteiger partial charge on any atom is 0.471 e. The van der Waals surface area contributed by atoms with E-state index in [0.717, 1.165) is 34.5 Å². The monoisotopic (exact) mass is 703 g/mol. The Bertz CT molecular complexity index is 1830. The summed E-state index contributed by atoms with van der Waals surface area (Å²) in [6, 6.07) is 7.94. The van der Waals surface area contributed by atoms with Gasteiger partial charge in [0.2, 0.25) is 0 Å². The van der Waals surface area contributed by atoms with E-state index in [9.17, 15) is 23.7 Å². The van der Waals surface area contributed by atoms with Gasteiger partial charge in [0, 0.05) is 37.9 Å². The van der Waals surface area contributed by atoms with Crippen LogP contribution >= 0.6 is 7.82 Å². The van der Waals surface area contributed by atoms with Gasteiger partial charge in [-0.15, -0.1) is 5.10 Å². The average Bonchev–Trinajstić information content (AvgIpc) is 3.77. The molecule has 262 valence electrons. The molecule has 4 aromatic rings. The summed E-state index contributed by atoms with van der Waals surface area (Å²) in [6.07, 6.45) is 6.79. The third kappa shape index (κ3) is 9.38. The molecule has 0 spiro atoms. The lowest BCUT2D eigenvalue weighted by molar-refractivity contribution is -0.138. The zero-order chi connectivity index (χ0) is 35.7. The number of benzene rings is 1. The molecule has 1 saturated heterocycles. The molecule has 2 amide bonds. The lowest BCUT2D eigenvalue weighted by Crippen LogP contribution is -2.52. The largest absolute Gasteiger partial charge is 0.480 e. The van der Waals surface area contributed by atoms with Gasteiger partial charge >= 0.3 is 13.8 Å². The van der Waals surface area contributed by atoms with E-state index < -0.39 is 44.1 Å². The smallest absolute Gasteiger partial charge is 0.471 e. The van der Waals surface area contributed by atoms with Gasteiger partial charge in [-0.25, -0.2) is 18.6 Å². The number of amides is 2. The van der Waals surface area contributed by atoms with E-state index in [-0.39, 0.29) is 54.4 Å². The first-order valence-corrected chi connectivity index (χ1v) is 16.5. The zero-order valence-electron chi connectivity index (χ0n) is 26.0. The first-order valence-electron chi connectivity index (χ1n) is 14.9. The van der Waals surface area contributed by atoms with Crippen LogP contribution in [-0.4, -0.2) is 112 Å². The predicted molar refractivity (Wildman–Crippen MR) is 170 cm³/mol. The van der Waals surface area contributed by atoms with Crippen LogP contribution in [0.15, 0.2) is 55.1 Å². The fraction of sp³-hybridized carbons (Fsp3) is 0.345. The lowest BCUT2D eigenvalue weighted by atomic mass is 10.1. The number of carbonyl (C=O) groups excluding carboxylic acids is 3. The number of aliphatic carboxylic acids is 1. The molecule has 1 atom stereocenters. The number of aromatic nitrogens is 5. The lowest BCUT2D eigenvalue weighted by Gasteiger charge is -2.34. The first kappa shape index (κ1) is 36.9. The number of phosphoric ester groups is 1. The Morgan fingerprint density at radius 3 is 2.31 bits per heavy atom. The molecule has 0 radical (unpaired) electrons. The summed E-state index contributed by atoms with van der Waals surface area (Å²) in [7, 11) is -4.95. The summed E-state index contributed by atoms with van der Waals surface area (Å²) in [5, 5.41) is 15.5. The molecular formula is C29H35FN9O9P. The number of carboxylic acids is 1. The number of carbonyl (C=O) groups is 4. The number of nitrogens with two attached hydrogens (primary N) is 2. The topological polar surface area (TPSA) is 262 Å². The number of piperazine rings is 1. The maximum atomic E-state index is 15.1. The maximum absolute atomic E-state index is 15.1. The van der Waals surface area contributed by atoms with Crippen LogP contribution in [0.1, 0.15) is 40.0 Å². The van der Waals surface area contributed by atoms with E-state index in [1.165, 1.54) is 17.3 Å². The van der Waals surface area contributed by atoms with Crippen molar-refractivity contribution in [2.45, 2.75) is 32.0 Å². The molecule has 1 aliphatic heterocycles. The molecule has 1 aromatic carbocycles. The standard InChI is InChI=1S/C23H21FN7O7P.C6H14N2O2/c24-17-12-25-21(31-7-6-26-27-31)19-18(17)16(13-30(19)14-38-39(35,36)37)20(32)23(34)29-10-8-28(9-11-29)22(33)15-4-2-1-3-5-15;7-4-2-1-3-5(8)6(9)10/h1-7,12-13H,8-11,14H2,(H2,35,36,37);5H,1-4,7-8H2,(H,9,10)/t;5-/m.0/s1. The zero-order valence-corrected chi connectivity index (χ0v) is 26.9. The highest BCUT2D eigenvalue weighted by Gasteiger charge is 2.32. The summed E-state index contributed by atoms with van der Waals surface area (Å²) < 4.78 is 33.2. The molecule has 3 aromatic heterocycles. The number of carboxylic acid groups (broad SMARTS) is 1. The normalized spacial score (nSPS) is 13.9. The van der Waals surface area contributed by atoms with E-state index in [4.69, 9.17) is 26.4 Å². The highest BCUT2D eigenvalue weighted by molar-refractivity contribution is 7.46. The second-order valence-electron chi connectivity index (χ2n) is 10.8. The van der Waals surface area contributed by atoms with E-state index in [2.05, 4.69) is 19.8 Å². The summed E-state index contributed by atoms with van der Waals surface area (Å²) in [5.41, 5.74) is 10.5. The molecule has 7 N–H and O–H groups in total. The van der Waals surface area contributed by atoms with Gasteiger partial charge in [-0.2, -0.15) is 0 Å². The fourth-order valence-electron chi connectivity index (χ4n) is 4.95. The van der Waals surface area contributed by atoms with Gasteiger partial charge in [0.25, 0.3) is 17.6 Å². The Morgan fingerprint density at radius 1 is 1.04 bits per heavy atom. The molecule has 49 heavy (non-hydrogen) atoms. The fourth-order valence-corrected chi connectivity index (χ4v) is 5.22. The van der Waals surface area contributed by atoms with Crippen molar-refractivity contribution in [1.82, 2.24) is 34.3 Å². The van der Waals surface area contributed by atoms with Gasteiger partial charge < -0.3 is 40.7 Å². The molecule has 18 nitrogen and oxygen atoms in total. The Kier molecular flexibility index (Phi) is 12.4. The highest BCUT2D eigenvalue weighted by Crippen LogP contribution is 2.37. The van der Waals surface area contributed by atoms with Crippen LogP contribution in [0.4, 0.5) is 4.39 Å². The van der Waals surface area contributed by atoms with Crippen LogP contribution in [0.2, 0.25) is 0 Å². The Morgan fingerprint density at radius 2 is 1.71 bits per heavy atom. The highest BCUT2D eigenvalue weighted by atomic mass is 31.2. The van der Waals surface area contributed by atoms with Crippen LogP contribution < -0.4 is 11.5 Å². The number of hydrogen-bond donors (Lipinski definition) is 5. The molecule has 0 unspecified atom stereocenters. The van der Waals surface area contributed by atoms with Crippen LogP contribution in [0.5, 0.6) is 0 Å². The van der Waals surface area contributed by atoms with Gasteiger partial charge in [-0.05, 0) is 31.5 Å². The number of rotatable bonds is 12. The molecule has 0 saturated carbocycles. The minimum absolute atomic E-state index is 0.0160. The molecule has 5 rings (SSSR count). The second kappa shape index (κ2) is 16.5. The van der Waals surface area contributed by atoms with Crippen LogP contribution in [0.3, 0.4) is 0 Å². The number of halogens is 1. The molecule has 0 aliphatic carbocycles. The number of hydrogen-bond acceptors (Lipinski definition) is 11. The third-order valence-corrected chi connectivity index (χ3v) is 7.89. The predicted octanol–water partition coefficient (Wildman–Crippen LogP) is 0.518. The summed E-state index contributed by atoms with van der Waals surface area (Å²) >= 11 is 0. The first-order chi connectivity index (χ1) is 23.3. The molecule has 0 bridgehead atoms. The van der Waals surface area contributed by atoms with Gasteiger partial charge in [0.1, 0.15) is 12.8 Å². The van der Waals surface area contributed by atoms with Crippen molar-refractivity contribution in [3.05, 3.63) is 72.1 Å². The van der Waals surface area contributed by atoms with E-state index in [1.54, 1.807) is 35.2 Å². The van der Waals surface area contributed by atoms with Crippen molar-refractivity contribution in [2.75, 3.05) is 32.7 Å². The molecule has 1 aliphatic rings. The van der Waals surface area contributed by atoms with Crippen molar-refractivity contribution in [3.63, 3.8) is 0 Å². The Labute approximate surface area is 278 Å². The minimum Gasteiger partial charge on any atom is -0.480 e. The summed E-state index contributed by atoms with van der Waals surface area (Å²) in [4.78, 5) is 74.5. The second-order valence-corrected chi connectivity index (χ2v) is 12.0. The molecule has 20 heteroatoms. The van der Waals surface area contributed by atoms with E-state index >= 15 is 4.39 Å². The van der Waals surface area contributed by atoms with Crippen LogP contribution in [0.25, 0.3) is 16.7 Å².